The van der Waals surface area contributed by atoms with Crippen molar-refractivity contribution in [1.29, 1.82) is 0 Å². The lowest BCUT2D eigenvalue weighted by Gasteiger charge is -2.25. The number of aliphatic carboxylic acids is 1. The molecule has 1 aliphatic rings. The third-order valence-electron chi connectivity index (χ3n) is 4.28. The predicted octanol–water partition coefficient (Wildman–Crippen LogP) is 1.83. The maximum atomic E-state index is 12.9. The predicted molar refractivity (Wildman–Crippen MR) is 103 cm³/mol. The molecule has 0 fully saturated rings. The van der Waals surface area contributed by atoms with Gasteiger partial charge in [0, 0.05) is 16.3 Å². The van der Waals surface area contributed by atoms with Crippen LogP contribution in [0.15, 0.2) is 29.1 Å². The smallest absolute Gasteiger partial charge is 0.322 e. The Labute approximate surface area is 165 Å². The second-order valence-corrected chi connectivity index (χ2v) is 8.95. The maximum absolute atomic E-state index is 12.9. The van der Waals surface area contributed by atoms with Gasteiger partial charge in [0.25, 0.3) is 11.5 Å². The van der Waals surface area contributed by atoms with Crippen molar-refractivity contribution < 1.29 is 28.9 Å². The number of amides is 1. The second kappa shape index (κ2) is 7.47. The summed E-state index contributed by atoms with van der Waals surface area (Å²) in [5.74, 6) is -3.55. The lowest BCUT2D eigenvalue weighted by atomic mass is 10.1. The zero-order valence-electron chi connectivity index (χ0n) is 14.4. The number of halogens is 1. The number of carboxylic acids is 1. The molecule has 1 aliphatic heterocycles. The Hall–Kier alpha value is -2.53. The highest BCUT2D eigenvalue weighted by atomic mass is 35.5. The van der Waals surface area contributed by atoms with E-state index in [1.165, 1.54) is 4.57 Å². The van der Waals surface area contributed by atoms with Crippen LogP contribution in [0.1, 0.15) is 27.2 Å². The van der Waals surface area contributed by atoms with E-state index in [-0.39, 0.29) is 29.3 Å². The van der Waals surface area contributed by atoms with Gasteiger partial charge in [-0.15, -0.1) is 0 Å². The topological polar surface area (TPSA) is 149 Å². The van der Waals surface area contributed by atoms with Gasteiger partial charge in [-0.05, 0) is 17.7 Å². The molecule has 2 heterocycles. The Balaban J connectivity index is 2.12. The molecule has 2 aromatic rings. The number of nitrogens with zero attached hydrogens (tertiary/aromatic N) is 1. The van der Waals surface area contributed by atoms with E-state index in [9.17, 15) is 28.6 Å². The lowest BCUT2D eigenvalue weighted by Crippen LogP contribution is -2.37. The summed E-state index contributed by atoms with van der Waals surface area (Å²) in [4.78, 5) is 35.9. The van der Waals surface area contributed by atoms with E-state index in [0.29, 0.717) is 10.6 Å². The first kappa shape index (κ1) is 20.2. The summed E-state index contributed by atoms with van der Waals surface area (Å²) < 4.78 is 21.4. The summed E-state index contributed by atoms with van der Waals surface area (Å²) in [6.07, 6.45) is 0. The summed E-state index contributed by atoms with van der Waals surface area (Å²) >= 11 is 5.86. The molecule has 1 amide bonds. The van der Waals surface area contributed by atoms with Gasteiger partial charge in [0.05, 0.1) is 18.1 Å². The quantitative estimate of drug-likeness (QED) is 0.487. The normalized spacial score (nSPS) is 15.7. The lowest BCUT2D eigenvalue weighted by molar-refractivity contribution is -0.135. The molecule has 1 aromatic carbocycles. The number of carboxylic acid groups (broad SMARTS) is 1. The third-order valence-corrected chi connectivity index (χ3v) is 6.02. The van der Waals surface area contributed by atoms with Gasteiger partial charge in [-0.25, -0.2) is 0 Å². The van der Waals surface area contributed by atoms with Crippen LogP contribution in [0, 0.1) is 0 Å². The summed E-state index contributed by atoms with van der Waals surface area (Å²) in [6, 6.07) is 6.59. The summed E-state index contributed by atoms with van der Waals surface area (Å²) in [6.45, 7) is -0.728. The number of aromatic hydroxyl groups is 1. The Kier molecular flexibility index (Phi) is 5.39. The third kappa shape index (κ3) is 3.99. The van der Waals surface area contributed by atoms with Gasteiger partial charge < -0.3 is 20.1 Å². The van der Waals surface area contributed by atoms with Crippen molar-refractivity contribution >= 4 is 34.1 Å². The minimum atomic E-state index is -3.10. The monoisotopic (exact) mass is 428 g/mol. The molecule has 11 heteroatoms. The maximum Gasteiger partial charge on any atom is 0.322 e. The van der Waals surface area contributed by atoms with Gasteiger partial charge in [0.1, 0.15) is 17.9 Å². The molecular formula is C17H17ClN2O7S. The van der Waals surface area contributed by atoms with Crippen LogP contribution in [0.4, 0.5) is 0 Å². The van der Waals surface area contributed by atoms with Crippen LogP contribution >= 0.6 is 22.2 Å². The average molecular weight is 429 g/mol. The highest BCUT2D eigenvalue weighted by molar-refractivity contribution is 8.23. The van der Waals surface area contributed by atoms with E-state index in [4.69, 9.17) is 16.7 Å². The molecule has 0 saturated carbocycles. The summed E-state index contributed by atoms with van der Waals surface area (Å²) in [7, 11) is -3.10. The molecule has 0 spiro atoms. The SMILES string of the molecule is O=C(O)CNC(=O)c1c(O)c2c(n(Cc3ccc(Cl)cc3)c1=O)CS(O)(O)C2. The second-order valence-electron chi connectivity index (χ2n) is 6.33. The molecule has 1 aromatic heterocycles. The van der Waals surface area contributed by atoms with Gasteiger partial charge in [-0.3, -0.25) is 23.5 Å². The standard InChI is InChI=1S/C17H17ClN2O7S/c18-10-3-1-9(2-4-10)6-20-12-8-28(26,27)7-11(12)15(23)14(17(20)25)16(24)19-5-13(21)22/h1-4,23,26-27H,5-8H2,(H,19,24)(H,21,22). The van der Waals surface area contributed by atoms with Crippen molar-refractivity contribution in [3.05, 3.63) is 62.0 Å². The molecule has 3 rings (SSSR count). The van der Waals surface area contributed by atoms with Crippen LogP contribution in [0.2, 0.25) is 5.02 Å². The van der Waals surface area contributed by atoms with Gasteiger partial charge in [0.2, 0.25) is 0 Å². The number of nitrogens with one attached hydrogen (secondary N) is 1. The van der Waals surface area contributed by atoms with Gasteiger partial charge in [0.15, 0.2) is 0 Å². The van der Waals surface area contributed by atoms with Crippen molar-refractivity contribution in [1.82, 2.24) is 9.88 Å². The zero-order valence-corrected chi connectivity index (χ0v) is 16.0. The van der Waals surface area contributed by atoms with E-state index in [1.807, 2.05) is 5.32 Å². The van der Waals surface area contributed by atoms with Gasteiger partial charge >= 0.3 is 5.97 Å². The van der Waals surface area contributed by atoms with Gasteiger partial charge in [-0.1, -0.05) is 23.7 Å². The van der Waals surface area contributed by atoms with E-state index in [2.05, 4.69) is 0 Å². The highest BCUT2D eigenvalue weighted by Crippen LogP contribution is 2.54. The number of pyridine rings is 1. The molecule has 5 N–H and O–H groups in total. The van der Waals surface area contributed by atoms with Crippen molar-refractivity contribution in [2.24, 2.45) is 0 Å². The van der Waals surface area contributed by atoms with Crippen LogP contribution in [-0.4, -0.2) is 42.3 Å². The Morgan fingerprint density at radius 1 is 1.18 bits per heavy atom. The Morgan fingerprint density at radius 2 is 1.82 bits per heavy atom. The number of carbonyl (C=O) groups excluding carboxylic acids is 1. The minimum absolute atomic E-state index is 0.00729. The van der Waals surface area contributed by atoms with Crippen LogP contribution in [0.5, 0.6) is 5.75 Å². The Morgan fingerprint density at radius 3 is 2.43 bits per heavy atom. The number of benzene rings is 1. The molecule has 9 nitrogen and oxygen atoms in total. The number of fused-ring (bicyclic) bond motifs is 1. The average Bonchev–Trinajstić information content (AvgIpc) is 2.94. The molecule has 150 valence electrons. The molecule has 0 unspecified atom stereocenters. The summed E-state index contributed by atoms with van der Waals surface area (Å²) in [5.41, 5.74) is -0.502. The van der Waals surface area contributed by atoms with Crippen molar-refractivity contribution in [2.45, 2.75) is 18.1 Å². The largest absolute Gasteiger partial charge is 0.506 e. The zero-order chi connectivity index (χ0) is 20.6. The first-order valence-corrected chi connectivity index (χ1v) is 10.3. The number of rotatable bonds is 5. The first-order valence-electron chi connectivity index (χ1n) is 8.04. The van der Waals surface area contributed by atoms with Crippen molar-refractivity contribution in [3.8, 4) is 5.75 Å². The molecule has 0 radical (unpaired) electrons. The van der Waals surface area contributed by atoms with Crippen molar-refractivity contribution in [2.75, 3.05) is 6.54 Å². The molecule has 0 atom stereocenters. The van der Waals surface area contributed by atoms with E-state index in [1.54, 1.807) is 24.3 Å². The number of hydrogen-bond acceptors (Lipinski definition) is 6. The van der Waals surface area contributed by atoms with Crippen LogP contribution in [0.25, 0.3) is 0 Å². The molecule has 28 heavy (non-hydrogen) atoms. The van der Waals surface area contributed by atoms with Crippen LogP contribution in [0.3, 0.4) is 0 Å². The number of carbonyl (C=O) groups is 2. The van der Waals surface area contributed by atoms with Crippen LogP contribution in [-0.2, 0) is 22.8 Å². The molecular weight excluding hydrogens is 412 g/mol. The summed E-state index contributed by atoms with van der Waals surface area (Å²) in [5, 5.41) is 21.7. The molecule has 0 aliphatic carbocycles. The number of hydrogen-bond donors (Lipinski definition) is 5. The van der Waals surface area contributed by atoms with E-state index < -0.39 is 45.9 Å². The van der Waals surface area contributed by atoms with Gasteiger partial charge in [-0.2, -0.15) is 10.6 Å². The molecule has 0 bridgehead atoms. The number of aromatic nitrogens is 1. The Bertz CT molecular complexity index is 1020. The van der Waals surface area contributed by atoms with Crippen LogP contribution < -0.4 is 10.9 Å². The minimum Gasteiger partial charge on any atom is -0.506 e. The fraction of sp³-hybridized carbons (Fsp3) is 0.235. The highest BCUT2D eigenvalue weighted by Gasteiger charge is 2.35. The fourth-order valence-electron chi connectivity index (χ4n) is 3.02. The van der Waals surface area contributed by atoms with E-state index in [0.717, 1.165) is 0 Å². The first-order chi connectivity index (χ1) is 13.1. The fourth-order valence-corrected chi connectivity index (χ4v) is 4.78. The van der Waals surface area contributed by atoms with Crippen molar-refractivity contribution in [3.63, 3.8) is 0 Å². The van der Waals surface area contributed by atoms with E-state index >= 15 is 0 Å². The molecule has 0 saturated heterocycles.